The Balaban J connectivity index is 1.34. The van der Waals surface area contributed by atoms with Crippen LogP contribution in [-0.2, 0) is 4.79 Å². The van der Waals surface area contributed by atoms with Gasteiger partial charge in [-0.3, -0.25) is 9.69 Å². The lowest BCUT2D eigenvalue weighted by Crippen LogP contribution is -2.47. The molecule has 1 aromatic rings. The van der Waals surface area contributed by atoms with Crippen LogP contribution in [0.25, 0.3) is 0 Å². The maximum absolute atomic E-state index is 14.0. The van der Waals surface area contributed by atoms with Crippen LogP contribution in [0.4, 0.5) is 27.6 Å². The molecule has 0 atom stereocenters. The number of nitrogens with zero attached hydrogens (tertiary/aromatic N) is 2. The van der Waals surface area contributed by atoms with E-state index in [4.69, 9.17) is 0 Å². The minimum absolute atomic E-state index is 0.166. The van der Waals surface area contributed by atoms with Crippen LogP contribution in [0, 0.1) is 17.6 Å². The van der Waals surface area contributed by atoms with Gasteiger partial charge in [-0.2, -0.15) is 13.2 Å². The Morgan fingerprint density at radius 2 is 1.70 bits per heavy atom. The fourth-order valence-electron chi connectivity index (χ4n) is 4.37. The number of piperazine rings is 1. The van der Waals surface area contributed by atoms with Gasteiger partial charge in [-0.1, -0.05) is 6.07 Å². The molecule has 0 aromatic heterocycles. The second kappa shape index (κ2) is 9.94. The van der Waals surface area contributed by atoms with Gasteiger partial charge in [0.1, 0.15) is 6.42 Å². The van der Waals surface area contributed by atoms with Gasteiger partial charge in [-0.05, 0) is 56.7 Å². The van der Waals surface area contributed by atoms with E-state index in [-0.39, 0.29) is 6.04 Å². The molecule has 3 rings (SSSR count). The first-order valence-electron chi connectivity index (χ1n) is 10.5. The number of carbonyl (C=O) groups is 1. The number of amides is 1. The number of hydrogen-bond donors (Lipinski definition) is 1. The average Bonchev–Trinajstić information content (AvgIpc) is 2.69. The predicted molar refractivity (Wildman–Crippen MR) is 104 cm³/mol. The molecule has 0 radical (unpaired) electrons. The molecule has 2 fully saturated rings. The third-order valence-corrected chi connectivity index (χ3v) is 6.07. The molecular weight excluding hydrogens is 405 g/mol. The molecule has 1 aliphatic carbocycles. The summed E-state index contributed by atoms with van der Waals surface area (Å²) in [4.78, 5) is 15.6. The van der Waals surface area contributed by atoms with Crippen molar-refractivity contribution in [3.05, 3.63) is 29.8 Å². The lowest BCUT2D eigenvalue weighted by Gasteiger charge is -2.37. The van der Waals surface area contributed by atoms with Crippen LogP contribution in [0.3, 0.4) is 0 Å². The maximum Gasteiger partial charge on any atom is 0.397 e. The molecule has 1 amide bonds. The van der Waals surface area contributed by atoms with E-state index in [1.54, 1.807) is 6.07 Å². The van der Waals surface area contributed by atoms with Crippen molar-refractivity contribution < 1.29 is 26.7 Å². The zero-order chi connectivity index (χ0) is 21.7. The third-order valence-electron chi connectivity index (χ3n) is 6.07. The first-order chi connectivity index (χ1) is 14.2. The van der Waals surface area contributed by atoms with Gasteiger partial charge in [-0.25, -0.2) is 8.78 Å². The highest BCUT2D eigenvalue weighted by atomic mass is 19.4. The van der Waals surface area contributed by atoms with E-state index in [2.05, 4.69) is 10.2 Å². The highest BCUT2D eigenvalue weighted by molar-refractivity contribution is 5.76. The fraction of sp³-hybridized carbons (Fsp3) is 0.667. The quantitative estimate of drug-likeness (QED) is 0.686. The first kappa shape index (κ1) is 22.8. The van der Waals surface area contributed by atoms with E-state index >= 15 is 0 Å². The number of nitrogens with one attached hydrogen (secondary N) is 1. The highest BCUT2D eigenvalue weighted by Gasteiger charge is 2.32. The van der Waals surface area contributed by atoms with Gasteiger partial charge in [0.05, 0.1) is 5.69 Å². The second-order valence-corrected chi connectivity index (χ2v) is 8.27. The molecule has 1 saturated heterocycles. The summed E-state index contributed by atoms with van der Waals surface area (Å²) in [5, 5.41) is 2.50. The van der Waals surface area contributed by atoms with Crippen molar-refractivity contribution >= 4 is 11.6 Å². The highest BCUT2D eigenvalue weighted by Crippen LogP contribution is 2.28. The molecule has 1 N–H and O–H groups in total. The summed E-state index contributed by atoms with van der Waals surface area (Å²) in [7, 11) is 0. The Bertz CT molecular complexity index is 711. The van der Waals surface area contributed by atoms with Crippen molar-refractivity contribution in [3.63, 3.8) is 0 Å². The van der Waals surface area contributed by atoms with Crippen LogP contribution in [0.5, 0.6) is 0 Å². The summed E-state index contributed by atoms with van der Waals surface area (Å²) >= 11 is 0. The second-order valence-electron chi connectivity index (χ2n) is 8.27. The van der Waals surface area contributed by atoms with Crippen molar-refractivity contribution in [3.8, 4) is 0 Å². The van der Waals surface area contributed by atoms with Crippen LogP contribution in [0.15, 0.2) is 18.2 Å². The number of benzene rings is 1. The first-order valence-corrected chi connectivity index (χ1v) is 10.5. The maximum atomic E-state index is 14.0. The van der Waals surface area contributed by atoms with Gasteiger partial charge in [0.25, 0.3) is 0 Å². The van der Waals surface area contributed by atoms with E-state index < -0.39 is 30.1 Å². The molecule has 9 heteroatoms. The summed E-state index contributed by atoms with van der Waals surface area (Å²) in [6.45, 7) is 3.74. The number of hydrogen-bond acceptors (Lipinski definition) is 3. The van der Waals surface area contributed by atoms with Gasteiger partial charge in [0, 0.05) is 32.2 Å². The Kier molecular flexibility index (Phi) is 7.55. The molecule has 0 spiro atoms. The number of alkyl halides is 3. The van der Waals surface area contributed by atoms with Crippen molar-refractivity contribution in [1.82, 2.24) is 10.2 Å². The number of anilines is 1. The normalized spacial score (nSPS) is 23.4. The van der Waals surface area contributed by atoms with Gasteiger partial charge in [0.15, 0.2) is 11.6 Å². The Morgan fingerprint density at radius 3 is 2.33 bits per heavy atom. The van der Waals surface area contributed by atoms with Crippen LogP contribution in [-0.4, -0.2) is 55.7 Å². The van der Waals surface area contributed by atoms with Crippen LogP contribution < -0.4 is 10.2 Å². The molecule has 1 aromatic carbocycles. The summed E-state index contributed by atoms with van der Waals surface area (Å²) in [5.74, 6) is -2.08. The topological polar surface area (TPSA) is 35.6 Å². The molecule has 30 heavy (non-hydrogen) atoms. The SMILES string of the molecule is O=C(CC(F)(F)F)NC1CCC(CCN2CCN(c3cccc(F)c3F)CC2)CC1. The number of carbonyl (C=O) groups excluding carboxylic acids is 1. The molecule has 0 unspecified atom stereocenters. The Morgan fingerprint density at radius 1 is 1.03 bits per heavy atom. The Labute approximate surface area is 173 Å². The molecule has 0 bridgehead atoms. The molecule has 168 valence electrons. The van der Waals surface area contributed by atoms with Crippen LogP contribution in [0.2, 0.25) is 0 Å². The largest absolute Gasteiger partial charge is 0.397 e. The van der Waals surface area contributed by atoms with E-state index in [9.17, 15) is 26.7 Å². The predicted octanol–water partition coefficient (Wildman–Crippen LogP) is 4.10. The number of halogens is 5. The van der Waals surface area contributed by atoms with Crippen molar-refractivity contribution in [2.75, 3.05) is 37.6 Å². The van der Waals surface area contributed by atoms with Gasteiger partial charge in [-0.15, -0.1) is 0 Å². The molecule has 1 aliphatic heterocycles. The number of rotatable bonds is 6. The molecule has 2 aliphatic rings. The summed E-state index contributed by atoms with van der Waals surface area (Å²) in [6, 6.07) is 4.06. The van der Waals surface area contributed by atoms with E-state index in [0.29, 0.717) is 37.5 Å². The fourth-order valence-corrected chi connectivity index (χ4v) is 4.37. The third kappa shape index (κ3) is 6.55. The summed E-state index contributed by atoms with van der Waals surface area (Å²) < 4.78 is 64.1. The molecule has 4 nitrogen and oxygen atoms in total. The van der Waals surface area contributed by atoms with Crippen molar-refractivity contribution in [2.45, 2.75) is 50.7 Å². The summed E-state index contributed by atoms with van der Waals surface area (Å²) in [6.07, 6.45) is -1.68. The van der Waals surface area contributed by atoms with Crippen LogP contribution in [0.1, 0.15) is 38.5 Å². The zero-order valence-corrected chi connectivity index (χ0v) is 16.9. The van der Waals surface area contributed by atoms with Crippen molar-refractivity contribution in [1.29, 1.82) is 0 Å². The van der Waals surface area contributed by atoms with Crippen LogP contribution >= 0.6 is 0 Å². The summed E-state index contributed by atoms with van der Waals surface area (Å²) in [5.41, 5.74) is 0.306. The molecular formula is C21H28F5N3O. The molecule has 1 heterocycles. The van der Waals surface area contributed by atoms with E-state index in [1.807, 2.05) is 4.90 Å². The molecule has 1 saturated carbocycles. The standard InChI is InChI=1S/C21H28F5N3O/c22-17-2-1-3-18(20(17)23)29-12-10-28(11-13-29)9-8-15-4-6-16(7-5-15)27-19(30)14-21(24,25)26/h1-3,15-16H,4-14H2,(H,27,30). The van der Waals surface area contributed by atoms with Gasteiger partial charge in [0.2, 0.25) is 5.91 Å². The lowest BCUT2D eigenvalue weighted by atomic mass is 9.84. The van der Waals surface area contributed by atoms with Gasteiger partial charge >= 0.3 is 6.18 Å². The van der Waals surface area contributed by atoms with E-state index in [0.717, 1.165) is 45.0 Å². The van der Waals surface area contributed by atoms with Gasteiger partial charge < -0.3 is 10.2 Å². The minimum atomic E-state index is -4.47. The minimum Gasteiger partial charge on any atom is -0.367 e. The monoisotopic (exact) mass is 433 g/mol. The lowest BCUT2D eigenvalue weighted by molar-refractivity contribution is -0.154. The van der Waals surface area contributed by atoms with Crippen molar-refractivity contribution in [2.24, 2.45) is 5.92 Å². The Hall–Kier alpha value is -1.90. The smallest absolute Gasteiger partial charge is 0.367 e. The average molecular weight is 433 g/mol. The zero-order valence-electron chi connectivity index (χ0n) is 16.9. The van der Waals surface area contributed by atoms with E-state index in [1.165, 1.54) is 6.07 Å².